The van der Waals surface area contributed by atoms with E-state index in [4.69, 9.17) is 23.4 Å². The van der Waals surface area contributed by atoms with Crippen LogP contribution in [0.25, 0.3) is 0 Å². The zero-order valence-electron chi connectivity index (χ0n) is 29.8. The van der Waals surface area contributed by atoms with Gasteiger partial charge in [-0.15, -0.1) is 0 Å². The number of likely N-dealkylation sites (tertiary alicyclic amines) is 1. The Hall–Kier alpha value is -4.08. The molecule has 258 valence electrons. The Bertz CT molecular complexity index is 1480. The lowest BCUT2D eigenvalue weighted by molar-refractivity contribution is -0.167. The van der Waals surface area contributed by atoms with Crippen LogP contribution in [0, 0.1) is 11.3 Å². The average Bonchev–Trinajstić information content (AvgIpc) is 3.07. The molecule has 9 heteroatoms. The molecule has 0 radical (unpaired) electrons. The van der Waals surface area contributed by atoms with Crippen LogP contribution in [0.15, 0.2) is 90.0 Å². The summed E-state index contributed by atoms with van der Waals surface area (Å²) in [7, 11) is 3.88. The number of carbonyl (C=O) groups excluding carboxylic acids is 2. The SMILES string of the molecule is COc1ccc(CC(Cc2ccc(OC)cc2)N2C(=O)[C@H]([C@@H](C)OC(=O)OCc3ccccc3)[C@H]2C(=C(C)C(C)O[SiH3])C(C)(C)C)cc1. The lowest BCUT2D eigenvalue weighted by Gasteiger charge is -2.56. The van der Waals surface area contributed by atoms with Crippen molar-refractivity contribution in [2.75, 3.05) is 14.2 Å². The predicted octanol–water partition coefficient (Wildman–Crippen LogP) is 6.47. The first-order valence-electron chi connectivity index (χ1n) is 16.6. The van der Waals surface area contributed by atoms with Gasteiger partial charge in [-0.05, 0) is 91.1 Å². The van der Waals surface area contributed by atoms with E-state index in [0.717, 1.165) is 39.3 Å². The summed E-state index contributed by atoms with van der Waals surface area (Å²) in [4.78, 5) is 29.4. The molecule has 3 aromatic rings. The summed E-state index contributed by atoms with van der Waals surface area (Å²) < 4.78 is 28.1. The molecule has 0 spiro atoms. The van der Waals surface area contributed by atoms with Crippen LogP contribution >= 0.6 is 0 Å². The highest BCUT2D eigenvalue weighted by Gasteiger charge is 2.57. The number of carbonyl (C=O) groups is 2. The Balaban J connectivity index is 1.73. The summed E-state index contributed by atoms with van der Waals surface area (Å²) in [6, 6.07) is 24.9. The van der Waals surface area contributed by atoms with E-state index < -0.39 is 18.2 Å². The summed E-state index contributed by atoms with van der Waals surface area (Å²) in [6.45, 7) is 12.6. The van der Waals surface area contributed by atoms with Crippen molar-refractivity contribution in [1.29, 1.82) is 0 Å². The normalized spacial score (nSPS) is 18.1. The standard InChI is InChI=1S/C39H51NO7Si/c1-25(26(2)47-48)35(39(4,5)6)36-34(27(3)46-38(42)45-24-30-12-10-9-11-13-30)37(41)40(36)31(22-28-14-18-32(43-7)19-15-28)23-29-16-20-33(44-8)21-17-29/h9-21,26-27,31,34,36H,22-24H2,1-8,48H3/t26?,27-,34-,36+/m1/s1. The maximum atomic E-state index is 14.5. The first kappa shape index (κ1) is 36.7. The van der Waals surface area contributed by atoms with Gasteiger partial charge in [0.15, 0.2) is 0 Å². The van der Waals surface area contributed by atoms with Gasteiger partial charge in [0, 0.05) is 6.04 Å². The molecule has 1 saturated heterocycles. The van der Waals surface area contributed by atoms with Gasteiger partial charge in [0.2, 0.25) is 5.91 Å². The van der Waals surface area contributed by atoms with Gasteiger partial charge >= 0.3 is 6.16 Å². The van der Waals surface area contributed by atoms with Gasteiger partial charge < -0.3 is 28.3 Å². The number of benzene rings is 3. The Labute approximate surface area is 288 Å². The van der Waals surface area contributed by atoms with Gasteiger partial charge in [0.05, 0.1) is 32.3 Å². The second kappa shape index (κ2) is 16.3. The fraction of sp³-hybridized carbons (Fsp3) is 0.436. The van der Waals surface area contributed by atoms with E-state index in [1.54, 1.807) is 21.1 Å². The van der Waals surface area contributed by atoms with E-state index in [0.29, 0.717) is 23.3 Å². The molecule has 0 bridgehead atoms. The molecule has 4 rings (SSSR count). The highest BCUT2D eigenvalue weighted by molar-refractivity contribution is 5.98. The summed E-state index contributed by atoms with van der Waals surface area (Å²) >= 11 is 0. The van der Waals surface area contributed by atoms with Crippen LogP contribution in [0.3, 0.4) is 0 Å². The van der Waals surface area contributed by atoms with Gasteiger partial charge in [-0.3, -0.25) is 4.79 Å². The van der Waals surface area contributed by atoms with E-state index in [9.17, 15) is 9.59 Å². The van der Waals surface area contributed by atoms with E-state index in [1.807, 2.05) is 59.5 Å². The molecule has 0 saturated carbocycles. The number of nitrogens with zero attached hydrogens (tertiary/aromatic N) is 1. The lowest BCUT2D eigenvalue weighted by atomic mass is 9.67. The van der Waals surface area contributed by atoms with Crippen LogP contribution in [0.5, 0.6) is 11.5 Å². The number of amides is 1. The molecule has 8 nitrogen and oxygen atoms in total. The second-order valence-electron chi connectivity index (χ2n) is 13.5. The van der Waals surface area contributed by atoms with Gasteiger partial charge in [-0.1, -0.05) is 75.4 Å². The third-order valence-corrected chi connectivity index (χ3v) is 10.0. The van der Waals surface area contributed by atoms with Gasteiger partial charge in [-0.25, -0.2) is 4.79 Å². The van der Waals surface area contributed by atoms with Crippen molar-refractivity contribution in [3.8, 4) is 11.5 Å². The summed E-state index contributed by atoms with van der Waals surface area (Å²) in [6.07, 6.45) is -0.371. The fourth-order valence-electron chi connectivity index (χ4n) is 6.69. The molecule has 0 aliphatic carbocycles. The van der Waals surface area contributed by atoms with Gasteiger partial charge in [0.25, 0.3) is 0 Å². The average molecular weight is 674 g/mol. The van der Waals surface area contributed by atoms with Gasteiger partial charge in [-0.2, -0.15) is 0 Å². The summed E-state index contributed by atoms with van der Waals surface area (Å²) in [5, 5.41) is 0. The Morgan fingerprint density at radius 3 is 1.81 bits per heavy atom. The van der Waals surface area contributed by atoms with E-state index >= 15 is 0 Å². The second-order valence-corrected chi connectivity index (χ2v) is 14.0. The number of hydrogen-bond donors (Lipinski definition) is 0. The molecule has 1 aliphatic heterocycles. The number of ether oxygens (including phenoxy) is 4. The van der Waals surface area contributed by atoms with Crippen molar-refractivity contribution in [3.05, 3.63) is 107 Å². The Morgan fingerprint density at radius 1 is 0.833 bits per heavy atom. The molecule has 1 fully saturated rings. The number of hydrogen-bond acceptors (Lipinski definition) is 7. The van der Waals surface area contributed by atoms with Crippen molar-refractivity contribution < 1.29 is 33.0 Å². The maximum absolute atomic E-state index is 14.5. The smallest absolute Gasteiger partial charge is 0.497 e. The Kier molecular flexibility index (Phi) is 12.5. The summed E-state index contributed by atoms with van der Waals surface area (Å²) in [5.74, 6) is 0.914. The number of methoxy groups -OCH3 is 2. The minimum absolute atomic E-state index is 0.0515. The first-order chi connectivity index (χ1) is 22.9. The molecule has 4 atom stereocenters. The molecule has 1 amide bonds. The van der Waals surface area contributed by atoms with Crippen molar-refractivity contribution >= 4 is 22.5 Å². The fourth-order valence-corrected chi connectivity index (χ4v) is 7.05. The Morgan fingerprint density at radius 2 is 1.35 bits per heavy atom. The summed E-state index contributed by atoms with van der Waals surface area (Å²) in [5.41, 5.74) is 4.95. The molecule has 1 heterocycles. The van der Waals surface area contributed by atoms with Crippen molar-refractivity contribution in [1.82, 2.24) is 4.90 Å². The monoisotopic (exact) mass is 673 g/mol. The highest BCUT2D eigenvalue weighted by Crippen LogP contribution is 2.46. The van der Waals surface area contributed by atoms with Crippen molar-refractivity contribution in [3.63, 3.8) is 0 Å². The number of β-lactam (4-membered cyclic amide) rings is 1. The van der Waals surface area contributed by atoms with Crippen LogP contribution in [-0.2, 0) is 38.1 Å². The van der Waals surface area contributed by atoms with Crippen LogP contribution < -0.4 is 9.47 Å². The molecular formula is C39H51NO7Si. The van der Waals surface area contributed by atoms with E-state index in [-0.39, 0.29) is 36.1 Å². The predicted molar refractivity (Wildman–Crippen MR) is 191 cm³/mol. The minimum atomic E-state index is -0.793. The highest BCUT2D eigenvalue weighted by atomic mass is 28.2. The van der Waals surface area contributed by atoms with E-state index in [1.165, 1.54) is 0 Å². The van der Waals surface area contributed by atoms with Crippen LogP contribution in [0.4, 0.5) is 4.79 Å². The van der Waals surface area contributed by atoms with Crippen LogP contribution in [-0.4, -0.2) is 66.0 Å². The van der Waals surface area contributed by atoms with Gasteiger partial charge in [0.1, 0.15) is 34.7 Å². The zero-order chi connectivity index (χ0) is 35.0. The lowest BCUT2D eigenvalue weighted by Crippen LogP contribution is -2.70. The zero-order valence-corrected chi connectivity index (χ0v) is 31.8. The minimum Gasteiger partial charge on any atom is -0.497 e. The van der Waals surface area contributed by atoms with Crippen molar-refractivity contribution in [2.45, 2.75) is 85.3 Å². The molecule has 1 aliphatic rings. The first-order valence-corrected chi connectivity index (χ1v) is 17.4. The number of rotatable bonds is 14. The van der Waals surface area contributed by atoms with Crippen molar-refractivity contribution in [2.24, 2.45) is 11.3 Å². The topological polar surface area (TPSA) is 83.5 Å². The third kappa shape index (κ3) is 8.88. The third-order valence-electron chi connectivity index (χ3n) is 9.31. The molecule has 0 N–H and O–H groups in total. The molecule has 3 aromatic carbocycles. The van der Waals surface area contributed by atoms with E-state index in [2.05, 4.69) is 58.9 Å². The molecular weight excluding hydrogens is 623 g/mol. The largest absolute Gasteiger partial charge is 0.508 e. The maximum Gasteiger partial charge on any atom is 0.508 e. The molecule has 1 unspecified atom stereocenters. The molecule has 48 heavy (non-hydrogen) atoms. The van der Waals surface area contributed by atoms with Crippen LogP contribution in [0.1, 0.15) is 58.2 Å². The molecule has 0 aromatic heterocycles. The quantitative estimate of drug-likeness (QED) is 0.0839. The van der Waals surface area contributed by atoms with Crippen LogP contribution in [0.2, 0.25) is 0 Å².